The fourth-order valence-corrected chi connectivity index (χ4v) is 4.99. The number of sulfonamides is 1. The summed E-state index contributed by atoms with van der Waals surface area (Å²) in [6.45, 7) is 4.62. The summed E-state index contributed by atoms with van der Waals surface area (Å²) in [5, 5.41) is 0. The van der Waals surface area contributed by atoms with Gasteiger partial charge in [-0.15, -0.1) is 0 Å². The van der Waals surface area contributed by atoms with Crippen molar-refractivity contribution < 1.29 is 18.0 Å². The number of rotatable bonds is 5. The summed E-state index contributed by atoms with van der Waals surface area (Å²) in [4.78, 5) is 27.8. The zero-order valence-electron chi connectivity index (χ0n) is 17.5. The second-order valence-electron chi connectivity index (χ2n) is 7.44. The Morgan fingerprint density at radius 2 is 1.60 bits per heavy atom. The first kappa shape index (κ1) is 22.0. The number of carbonyl (C=O) groups excluding carboxylic acids is 2. The summed E-state index contributed by atoms with van der Waals surface area (Å²) in [6.07, 6.45) is 0. The van der Waals surface area contributed by atoms with Crippen LogP contribution in [0.2, 0.25) is 0 Å². The first-order valence-electron chi connectivity index (χ1n) is 9.89. The molecule has 3 rings (SSSR count). The summed E-state index contributed by atoms with van der Waals surface area (Å²) in [5.41, 5.74) is 1.32. The minimum absolute atomic E-state index is 0.0600. The van der Waals surface area contributed by atoms with Crippen molar-refractivity contribution in [2.45, 2.75) is 24.8 Å². The predicted molar refractivity (Wildman–Crippen MR) is 114 cm³/mol. The highest BCUT2D eigenvalue weighted by Crippen LogP contribution is 2.23. The van der Waals surface area contributed by atoms with Gasteiger partial charge in [-0.1, -0.05) is 36.4 Å². The lowest BCUT2D eigenvalue weighted by molar-refractivity contribution is -0.129. The van der Waals surface area contributed by atoms with Crippen molar-refractivity contribution >= 4 is 21.8 Å². The molecule has 2 aromatic rings. The maximum atomic E-state index is 13.1. The van der Waals surface area contributed by atoms with E-state index in [2.05, 4.69) is 0 Å². The molecule has 1 aliphatic heterocycles. The fourth-order valence-electron chi connectivity index (χ4n) is 3.52. The SMILES string of the molecule is CC(=O)N1CCN(S(=O)(=O)c2cccc(C(=O)N(C)C(C)c3ccccc3)c2)CC1. The van der Waals surface area contributed by atoms with Crippen molar-refractivity contribution in [3.8, 4) is 0 Å². The molecule has 0 radical (unpaired) electrons. The third kappa shape index (κ3) is 4.55. The van der Waals surface area contributed by atoms with Crippen LogP contribution >= 0.6 is 0 Å². The standard InChI is InChI=1S/C22H27N3O4S/c1-17(19-8-5-4-6-9-19)23(3)22(27)20-10-7-11-21(16-20)30(28,29)25-14-12-24(13-15-25)18(2)26/h4-11,16-17H,12-15H2,1-3H3. The molecule has 1 heterocycles. The number of amides is 2. The maximum Gasteiger partial charge on any atom is 0.254 e. The second kappa shape index (κ2) is 8.97. The highest BCUT2D eigenvalue weighted by molar-refractivity contribution is 7.89. The first-order valence-corrected chi connectivity index (χ1v) is 11.3. The van der Waals surface area contributed by atoms with Gasteiger partial charge in [-0.3, -0.25) is 9.59 Å². The van der Waals surface area contributed by atoms with Crippen LogP contribution in [0.3, 0.4) is 0 Å². The van der Waals surface area contributed by atoms with E-state index in [0.717, 1.165) is 5.56 Å². The van der Waals surface area contributed by atoms with Crippen molar-refractivity contribution in [2.24, 2.45) is 0 Å². The van der Waals surface area contributed by atoms with Crippen LogP contribution in [0.1, 0.15) is 35.8 Å². The zero-order valence-corrected chi connectivity index (χ0v) is 18.3. The van der Waals surface area contributed by atoms with E-state index in [9.17, 15) is 18.0 Å². The largest absolute Gasteiger partial charge is 0.340 e. The summed E-state index contributed by atoms with van der Waals surface area (Å²) in [7, 11) is -2.03. The Hall–Kier alpha value is -2.71. The molecule has 0 N–H and O–H groups in total. The third-order valence-electron chi connectivity index (χ3n) is 5.59. The smallest absolute Gasteiger partial charge is 0.254 e. The van der Waals surface area contributed by atoms with Crippen LogP contribution in [-0.4, -0.2) is 67.6 Å². The molecule has 0 spiro atoms. The van der Waals surface area contributed by atoms with Crippen LogP contribution in [0.25, 0.3) is 0 Å². The number of carbonyl (C=O) groups is 2. The number of hydrogen-bond donors (Lipinski definition) is 0. The van der Waals surface area contributed by atoms with Gasteiger partial charge in [-0.05, 0) is 30.7 Å². The molecule has 30 heavy (non-hydrogen) atoms. The normalized spacial score (nSPS) is 16.2. The van der Waals surface area contributed by atoms with Gasteiger partial charge < -0.3 is 9.80 Å². The van der Waals surface area contributed by atoms with Crippen molar-refractivity contribution in [3.63, 3.8) is 0 Å². The van der Waals surface area contributed by atoms with E-state index < -0.39 is 10.0 Å². The van der Waals surface area contributed by atoms with Gasteiger partial charge in [0.15, 0.2) is 0 Å². The fraction of sp³-hybridized carbons (Fsp3) is 0.364. The molecule has 0 saturated carbocycles. The van der Waals surface area contributed by atoms with Crippen molar-refractivity contribution in [2.75, 3.05) is 33.2 Å². The topological polar surface area (TPSA) is 78.0 Å². The van der Waals surface area contributed by atoms with Gasteiger partial charge in [0.25, 0.3) is 5.91 Å². The van der Waals surface area contributed by atoms with E-state index in [-0.39, 0.29) is 35.8 Å². The van der Waals surface area contributed by atoms with E-state index >= 15 is 0 Å². The molecule has 2 amide bonds. The summed E-state index contributed by atoms with van der Waals surface area (Å²) in [6, 6.07) is 15.7. The first-order chi connectivity index (χ1) is 14.2. The van der Waals surface area contributed by atoms with Gasteiger partial charge in [-0.25, -0.2) is 8.42 Å². The van der Waals surface area contributed by atoms with Crippen LogP contribution in [0.4, 0.5) is 0 Å². The monoisotopic (exact) mass is 429 g/mol. The van der Waals surface area contributed by atoms with E-state index in [1.54, 1.807) is 29.0 Å². The van der Waals surface area contributed by atoms with Crippen LogP contribution in [-0.2, 0) is 14.8 Å². The summed E-state index contributed by atoms with van der Waals surface area (Å²) < 4.78 is 27.5. The third-order valence-corrected chi connectivity index (χ3v) is 7.48. The summed E-state index contributed by atoms with van der Waals surface area (Å²) in [5.74, 6) is -0.306. The molecule has 1 saturated heterocycles. The molecule has 0 bridgehead atoms. The Labute approximate surface area is 177 Å². The average molecular weight is 430 g/mol. The average Bonchev–Trinajstić information content (AvgIpc) is 2.78. The van der Waals surface area contributed by atoms with E-state index in [4.69, 9.17) is 0 Å². The van der Waals surface area contributed by atoms with Crippen molar-refractivity contribution in [3.05, 3.63) is 65.7 Å². The lowest BCUT2D eigenvalue weighted by atomic mass is 10.1. The number of benzene rings is 2. The molecule has 0 aliphatic carbocycles. The molecular formula is C22H27N3O4S. The molecule has 1 unspecified atom stereocenters. The molecule has 0 aromatic heterocycles. The van der Waals surface area contributed by atoms with Crippen molar-refractivity contribution in [1.29, 1.82) is 0 Å². The lowest BCUT2D eigenvalue weighted by Gasteiger charge is -2.33. The van der Waals surface area contributed by atoms with Crippen LogP contribution in [0.15, 0.2) is 59.5 Å². The Bertz CT molecular complexity index is 1020. The maximum absolute atomic E-state index is 13.1. The van der Waals surface area contributed by atoms with Gasteiger partial charge in [0, 0.05) is 45.7 Å². The van der Waals surface area contributed by atoms with Crippen LogP contribution in [0, 0.1) is 0 Å². The van der Waals surface area contributed by atoms with Crippen LogP contribution in [0.5, 0.6) is 0 Å². The van der Waals surface area contributed by atoms with Gasteiger partial charge in [0.05, 0.1) is 10.9 Å². The molecule has 8 heteroatoms. The van der Waals surface area contributed by atoms with Crippen LogP contribution < -0.4 is 0 Å². The van der Waals surface area contributed by atoms with E-state index in [1.807, 2.05) is 37.3 Å². The zero-order chi connectivity index (χ0) is 21.9. The van der Waals surface area contributed by atoms with Crippen molar-refractivity contribution in [1.82, 2.24) is 14.1 Å². The number of nitrogens with zero attached hydrogens (tertiary/aromatic N) is 3. The molecule has 1 atom stereocenters. The molecular weight excluding hydrogens is 402 g/mol. The molecule has 7 nitrogen and oxygen atoms in total. The van der Waals surface area contributed by atoms with E-state index in [0.29, 0.717) is 18.7 Å². The Morgan fingerprint density at radius 3 is 2.20 bits per heavy atom. The minimum Gasteiger partial charge on any atom is -0.340 e. The Kier molecular flexibility index (Phi) is 6.58. The second-order valence-corrected chi connectivity index (χ2v) is 9.38. The lowest BCUT2D eigenvalue weighted by Crippen LogP contribution is -2.49. The Morgan fingerprint density at radius 1 is 0.967 bits per heavy atom. The highest BCUT2D eigenvalue weighted by Gasteiger charge is 2.30. The van der Waals surface area contributed by atoms with Gasteiger partial charge in [0.2, 0.25) is 15.9 Å². The summed E-state index contributed by atoms with van der Waals surface area (Å²) >= 11 is 0. The Balaban J connectivity index is 1.78. The highest BCUT2D eigenvalue weighted by atomic mass is 32.2. The van der Waals surface area contributed by atoms with E-state index in [1.165, 1.54) is 23.4 Å². The predicted octanol–water partition coefficient (Wildman–Crippen LogP) is 2.37. The number of hydrogen-bond acceptors (Lipinski definition) is 4. The number of piperazine rings is 1. The molecule has 1 aliphatic rings. The molecule has 160 valence electrons. The molecule has 1 fully saturated rings. The van der Waals surface area contributed by atoms with Gasteiger partial charge in [-0.2, -0.15) is 4.31 Å². The minimum atomic E-state index is -3.74. The van der Waals surface area contributed by atoms with Gasteiger partial charge in [0.1, 0.15) is 0 Å². The van der Waals surface area contributed by atoms with Gasteiger partial charge >= 0.3 is 0 Å². The quantitative estimate of drug-likeness (QED) is 0.731. The molecule has 2 aromatic carbocycles.